The molecule has 0 saturated heterocycles. The molecule has 2 aromatic carbocycles. The molecule has 1 unspecified atom stereocenters. The average molecular weight is 415 g/mol. The number of nitrogens with one attached hydrogen (secondary N) is 1. The van der Waals surface area contributed by atoms with Crippen LogP contribution in [0.1, 0.15) is 26.3 Å². The quantitative estimate of drug-likeness (QED) is 0.571. The molecule has 146 valence electrons. The Morgan fingerprint density at radius 2 is 1.75 bits per heavy atom. The number of halogens is 1. The van der Waals surface area contributed by atoms with Gasteiger partial charge in [0.1, 0.15) is 0 Å². The Balaban J connectivity index is 1.96. The summed E-state index contributed by atoms with van der Waals surface area (Å²) in [6, 6.07) is 17.8. The number of benzene rings is 2. The topological polar surface area (TPSA) is 59.8 Å². The first kappa shape index (κ1) is 20.4. The minimum absolute atomic E-state index is 0.0199. The van der Waals surface area contributed by atoms with E-state index >= 15 is 0 Å². The summed E-state index contributed by atoms with van der Waals surface area (Å²) in [5.74, 6) is 0.668. The van der Waals surface area contributed by atoms with E-state index in [-0.39, 0.29) is 17.2 Å². The molecule has 0 spiro atoms. The number of thioether (sulfide) groups is 1. The highest BCUT2D eigenvalue weighted by Gasteiger charge is 2.22. The molecule has 0 aliphatic carbocycles. The van der Waals surface area contributed by atoms with Gasteiger partial charge in [0.15, 0.2) is 11.0 Å². The van der Waals surface area contributed by atoms with Gasteiger partial charge >= 0.3 is 0 Å². The molecule has 0 aliphatic heterocycles. The number of nitrogens with zero attached hydrogens (tertiary/aromatic N) is 3. The molecular weight excluding hydrogens is 392 g/mol. The van der Waals surface area contributed by atoms with Gasteiger partial charge in [0.05, 0.1) is 16.8 Å². The smallest absolute Gasteiger partial charge is 0.233 e. The Morgan fingerprint density at radius 3 is 2.43 bits per heavy atom. The molecule has 7 heteroatoms. The third kappa shape index (κ3) is 4.94. The van der Waals surface area contributed by atoms with Crippen LogP contribution in [0, 0.1) is 0 Å². The lowest BCUT2D eigenvalue weighted by atomic mass is 10.2. The predicted octanol–water partition coefficient (Wildman–Crippen LogP) is 4.65. The molecule has 0 fully saturated rings. The Labute approximate surface area is 174 Å². The summed E-state index contributed by atoms with van der Waals surface area (Å²) in [5, 5.41) is 12.7. The summed E-state index contributed by atoms with van der Waals surface area (Å²) >= 11 is 7.80. The van der Waals surface area contributed by atoms with Gasteiger partial charge in [-0.1, -0.05) is 65.8 Å². The zero-order valence-corrected chi connectivity index (χ0v) is 17.7. The van der Waals surface area contributed by atoms with Crippen LogP contribution < -0.4 is 5.32 Å². The standard InChI is InChI=1S/C21H23ClN4OS/c1-14(2)23-20(27)15(3)28-21-25-24-19(17-11-7-8-12-18(17)22)26(21)13-16-9-5-4-6-10-16/h4-12,14-15H,13H2,1-3H3,(H,23,27). The SMILES string of the molecule is CC(C)NC(=O)C(C)Sc1nnc(-c2ccccc2Cl)n1Cc1ccccc1. The van der Waals surface area contributed by atoms with Gasteiger partial charge in [0.2, 0.25) is 5.91 Å². The van der Waals surface area contributed by atoms with Gasteiger partial charge < -0.3 is 5.32 Å². The van der Waals surface area contributed by atoms with Crippen molar-refractivity contribution in [3.05, 3.63) is 65.2 Å². The molecule has 5 nitrogen and oxygen atoms in total. The molecule has 1 atom stereocenters. The second kappa shape index (κ2) is 9.26. The Kier molecular flexibility index (Phi) is 6.75. The largest absolute Gasteiger partial charge is 0.353 e. The van der Waals surface area contributed by atoms with Gasteiger partial charge in [-0.2, -0.15) is 0 Å². The van der Waals surface area contributed by atoms with Crippen LogP contribution in [0.2, 0.25) is 5.02 Å². The van der Waals surface area contributed by atoms with Crippen LogP contribution in [0.5, 0.6) is 0 Å². The van der Waals surface area contributed by atoms with E-state index in [9.17, 15) is 4.79 Å². The zero-order chi connectivity index (χ0) is 20.1. The van der Waals surface area contributed by atoms with Gasteiger partial charge in [0, 0.05) is 11.6 Å². The molecule has 1 N–H and O–H groups in total. The van der Waals surface area contributed by atoms with E-state index in [4.69, 9.17) is 11.6 Å². The van der Waals surface area contributed by atoms with Crippen molar-refractivity contribution in [2.75, 3.05) is 0 Å². The molecule has 0 saturated carbocycles. The Morgan fingerprint density at radius 1 is 1.07 bits per heavy atom. The Hall–Kier alpha value is -2.31. The highest BCUT2D eigenvalue weighted by atomic mass is 35.5. The molecule has 3 aromatic rings. The zero-order valence-electron chi connectivity index (χ0n) is 16.1. The van der Waals surface area contributed by atoms with Crippen LogP contribution in [-0.2, 0) is 11.3 Å². The van der Waals surface area contributed by atoms with Crippen molar-refractivity contribution < 1.29 is 4.79 Å². The van der Waals surface area contributed by atoms with Crippen molar-refractivity contribution >= 4 is 29.3 Å². The summed E-state index contributed by atoms with van der Waals surface area (Å²) in [5.41, 5.74) is 1.94. The maximum absolute atomic E-state index is 12.3. The van der Waals surface area contributed by atoms with E-state index in [1.165, 1.54) is 11.8 Å². The van der Waals surface area contributed by atoms with Crippen molar-refractivity contribution in [1.82, 2.24) is 20.1 Å². The molecule has 28 heavy (non-hydrogen) atoms. The first-order chi connectivity index (χ1) is 13.5. The third-order valence-electron chi connectivity index (χ3n) is 4.10. The lowest BCUT2D eigenvalue weighted by Gasteiger charge is -2.15. The number of rotatable bonds is 7. The third-order valence-corrected chi connectivity index (χ3v) is 5.51. The van der Waals surface area contributed by atoms with E-state index in [2.05, 4.69) is 27.6 Å². The normalized spacial score (nSPS) is 12.2. The number of amides is 1. The number of hydrogen-bond donors (Lipinski definition) is 1. The monoisotopic (exact) mass is 414 g/mol. The number of aromatic nitrogens is 3. The summed E-state index contributed by atoms with van der Waals surface area (Å²) in [4.78, 5) is 12.3. The highest BCUT2D eigenvalue weighted by molar-refractivity contribution is 8.00. The molecule has 0 radical (unpaired) electrons. The maximum Gasteiger partial charge on any atom is 0.233 e. The summed E-state index contributed by atoms with van der Waals surface area (Å²) in [7, 11) is 0. The number of carbonyl (C=O) groups is 1. The van der Waals surface area contributed by atoms with E-state index in [1.807, 2.05) is 67.8 Å². The van der Waals surface area contributed by atoms with E-state index < -0.39 is 0 Å². The molecule has 0 bridgehead atoms. The summed E-state index contributed by atoms with van der Waals surface area (Å²) in [6.07, 6.45) is 0. The van der Waals surface area contributed by atoms with Crippen LogP contribution in [0.4, 0.5) is 0 Å². The summed E-state index contributed by atoms with van der Waals surface area (Å²) < 4.78 is 2.01. The van der Waals surface area contributed by atoms with Crippen LogP contribution in [0.25, 0.3) is 11.4 Å². The fourth-order valence-electron chi connectivity index (χ4n) is 2.74. The molecule has 0 aliphatic rings. The molecule has 1 heterocycles. The fraction of sp³-hybridized carbons (Fsp3) is 0.286. The van der Waals surface area contributed by atoms with Crippen molar-refractivity contribution in [3.63, 3.8) is 0 Å². The second-order valence-corrected chi connectivity index (χ2v) is 8.50. The first-order valence-corrected chi connectivity index (χ1v) is 10.4. The van der Waals surface area contributed by atoms with Gasteiger partial charge in [0.25, 0.3) is 0 Å². The van der Waals surface area contributed by atoms with E-state index in [1.54, 1.807) is 0 Å². The van der Waals surface area contributed by atoms with Crippen molar-refractivity contribution in [3.8, 4) is 11.4 Å². The lowest BCUT2D eigenvalue weighted by Crippen LogP contribution is -2.36. The van der Waals surface area contributed by atoms with Crippen molar-refractivity contribution in [2.45, 2.75) is 43.8 Å². The first-order valence-electron chi connectivity index (χ1n) is 9.14. The van der Waals surface area contributed by atoms with Gasteiger partial charge in [-0.15, -0.1) is 10.2 Å². The molecule has 1 amide bonds. The van der Waals surface area contributed by atoms with Crippen molar-refractivity contribution in [1.29, 1.82) is 0 Å². The highest BCUT2D eigenvalue weighted by Crippen LogP contribution is 2.31. The van der Waals surface area contributed by atoms with Gasteiger partial charge in [-0.25, -0.2) is 0 Å². The maximum atomic E-state index is 12.3. The second-order valence-electron chi connectivity index (χ2n) is 6.78. The number of hydrogen-bond acceptors (Lipinski definition) is 4. The minimum Gasteiger partial charge on any atom is -0.353 e. The van der Waals surface area contributed by atoms with E-state index in [0.29, 0.717) is 22.5 Å². The molecular formula is C21H23ClN4OS. The Bertz CT molecular complexity index is 943. The van der Waals surface area contributed by atoms with Crippen LogP contribution in [0.15, 0.2) is 59.8 Å². The fourth-order valence-corrected chi connectivity index (χ4v) is 3.82. The summed E-state index contributed by atoms with van der Waals surface area (Å²) in [6.45, 7) is 6.36. The van der Waals surface area contributed by atoms with Crippen LogP contribution in [0.3, 0.4) is 0 Å². The van der Waals surface area contributed by atoms with E-state index in [0.717, 1.165) is 11.1 Å². The number of carbonyl (C=O) groups excluding carboxylic acids is 1. The van der Waals surface area contributed by atoms with Gasteiger partial charge in [-0.3, -0.25) is 9.36 Å². The van der Waals surface area contributed by atoms with Crippen LogP contribution >= 0.6 is 23.4 Å². The van der Waals surface area contributed by atoms with Gasteiger partial charge in [-0.05, 0) is 38.5 Å². The molecule has 1 aromatic heterocycles. The predicted molar refractivity (Wildman–Crippen MR) is 115 cm³/mol. The minimum atomic E-state index is -0.291. The van der Waals surface area contributed by atoms with Crippen molar-refractivity contribution in [2.24, 2.45) is 0 Å². The molecule has 3 rings (SSSR count). The van der Waals surface area contributed by atoms with Crippen LogP contribution in [-0.4, -0.2) is 32.0 Å². The lowest BCUT2D eigenvalue weighted by molar-refractivity contribution is -0.120. The average Bonchev–Trinajstić information content (AvgIpc) is 3.04.